The zero-order valence-electron chi connectivity index (χ0n) is 11.1. The maximum Gasteiger partial charge on any atom is 0.119 e. The minimum Gasteiger partial charge on any atom is -0.508 e. The third-order valence-electron chi connectivity index (χ3n) is 2.56. The van der Waals surface area contributed by atoms with Crippen LogP contribution in [0.25, 0.3) is 0 Å². The third kappa shape index (κ3) is 4.50. The van der Waals surface area contributed by atoms with Crippen molar-refractivity contribution in [2.24, 2.45) is 0 Å². The van der Waals surface area contributed by atoms with Crippen molar-refractivity contribution in [3.05, 3.63) is 59.7 Å². The fraction of sp³-hybridized carbons (Fsp3) is 0.250. The summed E-state index contributed by atoms with van der Waals surface area (Å²) < 4.78 is 0. The van der Waals surface area contributed by atoms with Crippen LogP contribution in [0.2, 0.25) is 0 Å². The summed E-state index contributed by atoms with van der Waals surface area (Å²) in [5, 5.41) is 18.1. The number of benzene rings is 2. The molecule has 0 heterocycles. The van der Waals surface area contributed by atoms with Crippen molar-refractivity contribution < 1.29 is 10.2 Å². The van der Waals surface area contributed by atoms with Crippen molar-refractivity contribution in [2.45, 2.75) is 26.7 Å². The molecule has 2 aromatic carbocycles. The largest absolute Gasteiger partial charge is 0.508 e. The summed E-state index contributed by atoms with van der Waals surface area (Å²) >= 11 is 0. The smallest absolute Gasteiger partial charge is 0.119 e. The van der Waals surface area contributed by atoms with Gasteiger partial charge in [0.15, 0.2) is 0 Å². The molecule has 0 bridgehead atoms. The molecule has 0 aliphatic rings. The van der Waals surface area contributed by atoms with E-state index in [9.17, 15) is 5.11 Å². The Morgan fingerprint density at radius 3 is 1.89 bits per heavy atom. The first kappa shape index (κ1) is 14.1. The van der Waals surface area contributed by atoms with E-state index in [0.717, 1.165) is 11.1 Å². The molecular weight excluding hydrogens is 224 g/mol. The lowest BCUT2D eigenvalue weighted by Gasteiger charge is -2.07. The van der Waals surface area contributed by atoms with Crippen LogP contribution in [-0.2, 0) is 0 Å². The van der Waals surface area contributed by atoms with E-state index in [2.05, 4.69) is 13.8 Å². The van der Waals surface area contributed by atoms with Gasteiger partial charge < -0.3 is 10.2 Å². The van der Waals surface area contributed by atoms with Gasteiger partial charge in [0, 0.05) is 0 Å². The number of phenolic OH excluding ortho intramolecular Hbond substituents is 2. The van der Waals surface area contributed by atoms with E-state index in [-0.39, 0.29) is 0 Å². The van der Waals surface area contributed by atoms with Crippen LogP contribution in [0.1, 0.15) is 30.9 Å². The summed E-state index contributed by atoms with van der Waals surface area (Å²) in [4.78, 5) is 0. The molecule has 0 radical (unpaired) electrons. The summed E-state index contributed by atoms with van der Waals surface area (Å²) in [5.74, 6) is 1.14. The number of para-hydroxylation sites is 1. The molecule has 96 valence electrons. The van der Waals surface area contributed by atoms with Gasteiger partial charge in [-0.2, -0.15) is 0 Å². The molecule has 0 spiro atoms. The summed E-state index contributed by atoms with van der Waals surface area (Å²) in [5.41, 5.74) is 2.13. The van der Waals surface area contributed by atoms with Gasteiger partial charge in [-0.05, 0) is 42.2 Å². The fourth-order valence-corrected chi connectivity index (χ4v) is 1.57. The van der Waals surface area contributed by atoms with Gasteiger partial charge in [0.05, 0.1) is 0 Å². The second kappa shape index (κ2) is 6.70. The van der Waals surface area contributed by atoms with Crippen LogP contribution in [0.5, 0.6) is 11.5 Å². The van der Waals surface area contributed by atoms with Crippen LogP contribution >= 0.6 is 0 Å². The Balaban J connectivity index is 0.000000199. The van der Waals surface area contributed by atoms with Gasteiger partial charge in [-0.1, -0.05) is 44.2 Å². The summed E-state index contributed by atoms with van der Waals surface area (Å²) in [6, 6.07) is 14.5. The Morgan fingerprint density at radius 2 is 1.50 bits per heavy atom. The highest BCUT2D eigenvalue weighted by Gasteiger charge is 2.03. The van der Waals surface area contributed by atoms with E-state index in [4.69, 9.17) is 5.11 Å². The molecule has 2 N–H and O–H groups in total. The van der Waals surface area contributed by atoms with Crippen molar-refractivity contribution in [3.63, 3.8) is 0 Å². The molecule has 0 saturated carbocycles. The Morgan fingerprint density at radius 1 is 0.889 bits per heavy atom. The quantitative estimate of drug-likeness (QED) is 0.788. The molecule has 0 aromatic heterocycles. The van der Waals surface area contributed by atoms with Gasteiger partial charge in [0.25, 0.3) is 0 Å². The van der Waals surface area contributed by atoms with Gasteiger partial charge in [0.2, 0.25) is 0 Å². The number of hydrogen-bond donors (Lipinski definition) is 2. The monoisotopic (exact) mass is 244 g/mol. The highest BCUT2D eigenvalue weighted by Crippen LogP contribution is 2.25. The minimum absolute atomic E-state index is 0.322. The summed E-state index contributed by atoms with van der Waals surface area (Å²) in [7, 11) is 0. The topological polar surface area (TPSA) is 40.5 Å². The van der Waals surface area contributed by atoms with Gasteiger partial charge in [-0.25, -0.2) is 0 Å². The highest BCUT2D eigenvalue weighted by atomic mass is 16.3. The lowest BCUT2D eigenvalue weighted by molar-refractivity contribution is 0.464. The molecule has 0 atom stereocenters. The van der Waals surface area contributed by atoms with Gasteiger partial charge in [-0.15, -0.1) is 0 Å². The second-order valence-corrected chi connectivity index (χ2v) is 4.55. The van der Waals surface area contributed by atoms with Crippen LogP contribution in [0.3, 0.4) is 0 Å². The Kier molecular flexibility index (Phi) is 5.25. The molecule has 2 aromatic rings. The molecule has 2 nitrogen and oxygen atoms in total. The summed E-state index contributed by atoms with van der Waals surface area (Å²) in [6.07, 6.45) is 0. The molecule has 0 aliphatic carbocycles. The first-order valence-corrected chi connectivity index (χ1v) is 6.04. The minimum atomic E-state index is 0.322. The van der Waals surface area contributed by atoms with Gasteiger partial charge >= 0.3 is 0 Å². The molecule has 0 saturated heterocycles. The normalized spacial score (nSPS) is 9.78. The SMILES string of the molecule is Cc1ccc(C(C)C)c(O)c1.Oc1ccccc1. The lowest BCUT2D eigenvalue weighted by atomic mass is 10.0. The molecule has 0 aliphatic heterocycles. The third-order valence-corrected chi connectivity index (χ3v) is 2.56. The van der Waals surface area contributed by atoms with E-state index in [0.29, 0.717) is 17.4 Å². The maximum atomic E-state index is 9.46. The molecule has 0 amide bonds. The number of rotatable bonds is 1. The van der Waals surface area contributed by atoms with Crippen molar-refractivity contribution in [1.82, 2.24) is 0 Å². The van der Waals surface area contributed by atoms with Crippen LogP contribution < -0.4 is 0 Å². The van der Waals surface area contributed by atoms with E-state index in [1.54, 1.807) is 30.3 Å². The lowest BCUT2D eigenvalue weighted by Crippen LogP contribution is -1.87. The highest BCUT2D eigenvalue weighted by molar-refractivity contribution is 5.37. The number of hydrogen-bond acceptors (Lipinski definition) is 2. The average Bonchev–Trinajstić information content (AvgIpc) is 2.30. The molecule has 0 fully saturated rings. The zero-order valence-corrected chi connectivity index (χ0v) is 11.1. The molecule has 2 rings (SSSR count). The zero-order chi connectivity index (χ0) is 13.5. The first-order valence-electron chi connectivity index (χ1n) is 6.04. The number of aryl methyl sites for hydroxylation is 1. The summed E-state index contributed by atoms with van der Waals surface area (Å²) in [6.45, 7) is 6.12. The molecule has 18 heavy (non-hydrogen) atoms. The predicted octanol–water partition coefficient (Wildman–Crippen LogP) is 4.22. The predicted molar refractivity (Wildman–Crippen MR) is 75.0 cm³/mol. The second-order valence-electron chi connectivity index (χ2n) is 4.55. The average molecular weight is 244 g/mol. The van der Waals surface area contributed by atoms with E-state index in [1.165, 1.54) is 0 Å². The van der Waals surface area contributed by atoms with Crippen LogP contribution in [-0.4, -0.2) is 10.2 Å². The van der Waals surface area contributed by atoms with Crippen molar-refractivity contribution in [2.75, 3.05) is 0 Å². The van der Waals surface area contributed by atoms with Crippen LogP contribution in [0.15, 0.2) is 48.5 Å². The standard InChI is InChI=1S/C10H14O.C6H6O/c1-7(2)9-5-4-8(3)6-10(9)11;7-6-4-2-1-3-5-6/h4-7,11H,1-3H3;1-5,7H. The van der Waals surface area contributed by atoms with Crippen molar-refractivity contribution in [3.8, 4) is 11.5 Å². The van der Waals surface area contributed by atoms with Crippen LogP contribution in [0.4, 0.5) is 0 Å². The van der Waals surface area contributed by atoms with E-state index in [1.807, 2.05) is 25.1 Å². The van der Waals surface area contributed by atoms with Gasteiger partial charge in [0.1, 0.15) is 11.5 Å². The maximum absolute atomic E-state index is 9.46. The first-order chi connectivity index (χ1) is 8.50. The van der Waals surface area contributed by atoms with Crippen molar-refractivity contribution in [1.29, 1.82) is 0 Å². The van der Waals surface area contributed by atoms with Crippen LogP contribution in [0, 0.1) is 6.92 Å². The number of aromatic hydroxyl groups is 2. The Hall–Kier alpha value is -1.96. The number of phenols is 2. The molecular formula is C16H20O2. The molecule has 2 heteroatoms. The van der Waals surface area contributed by atoms with Crippen molar-refractivity contribution >= 4 is 0 Å². The molecule has 0 unspecified atom stereocenters. The van der Waals surface area contributed by atoms with Gasteiger partial charge in [-0.3, -0.25) is 0 Å². The Labute approximate surface area is 109 Å². The Bertz CT molecular complexity index is 476. The van der Waals surface area contributed by atoms with E-state index < -0.39 is 0 Å². The fourth-order valence-electron chi connectivity index (χ4n) is 1.57. The van der Waals surface area contributed by atoms with E-state index >= 15 is 0 Å².